The van der Waals surface area contributed by atoms with Crippen LogP contribution in [0.15, 0.2) is 36.4 Å². The molecule has 3 N–H and O–H groups in total. The van der Waals surface area contributed by atoms with Crippen molar-refractivity contribution in [2.24, 2.45) is 5.73 Å². The van der Waals surface area contributed by atoms with E-state index in [2.05, 4.69) is 5.32 Å². The highest BCUT2D eigenvalue weighted by Crippen LogP contribution is 2.25. The number of anilines is 1. The highest BCUT2D eigenvalue weighted by atomic mass is 19.1. The van der Waals surface area contributed by atoms with Crippen molar-refractivity contribution >= 4 is 11.6 Å². The van der Waals surface area contributed by atoms with Crippen LogP contribution in [-0.4, -0.2) is 5.91 Å². The normalized spacial score (nSPS) is 12.0. The third kappa shape index (κ3) is 3.18. The summed E-state index contributed by atoms with van der Waals surface area (Å²) in [5.74, 6) is -1.77. The fourth-order valence-corrected chi connectivity index (χ4v) is 2.22. The molecule has 0 heterocycles. The summed E-state index contributed by atoms with van der Waals surface area (Å²) in [4.78, 5) is 11.3. The fraction of sp³-hybridized carbons (Fsp3) is 0.188. The van der Waals surface area contributed by atoms with E-state index in [-0.39, 0.29) is 5.56 Å². The SMILES string of the molecule is Cc1ccc(N[C@H](C)c2c(F)cccc2F)cc1C(N)=O. The van der Waals surface area contributed by atoms with Gasteiger partial charge in [0.2, 0.25) is 5.91 Å². The lowest BCUT2D eigenvalue weighted by Gasteiger charge is -2.18. The maximum atomic E-state index is 13.7. The van der Waals surface area contributed by atoms with Crippen molar-refractivity contribution in [3.8, 4) is 0 Å². The Balaban J connectivity index is 2.30. The van der Waals surface area contributed by atoms with Gasteiger partial charge in [-0.25, -0.2) is 8.78 Å². The van der Waals surface area contributed by atoms with Crippen LogP contribution in [0.25, 0.3) is 0 Å². The number of benzene rings is 2. The van der Waals surface area contributed by atoms with Crippen LogP contribution >= 0.6 is 0 Å². The van der Waals surface area contributed by atoms with Crippen molar-refractivity contribution in [1.82, 2.24) is 0 Å². The lowest BCUT2D eigenvalue weighted by atomic mass is 10.0. The standard InChI is InChI=1S/C16H16F2N2O/c1-9-6-7-11(8-12(9)16(19)21)20-10(2)15-13(17)4-3-5-14(15)18/h3-8,10,20H,1-2H3,(H2,19,21)/t10-/m1/s1. The molecule has 2 rings (SSSR count). The van der Waals surface area contributed by atoms with Gasteiger partial charge in [-0.3, -0.25) is 4.79 Å². The summed E-state index contributed by atoms with van der Waals surface area (Å²) >= 11 is 0. The Morgan fingerprint density at radius 2 is 1.81 bits per heavy atom. The Kier molecular flexibility index (Phi) is 4.21. The average molecular weight is 290 g/mol. The smallest absolute Gasteiger partial charge is 0.249 e. The Hall–Kier alpha value is -2.43. The van der Waals surface area contributed by atoms with Gasteiger partial charge in [0.15, 0.2) is 0 Å². The molecule has 0 spiro atoms. The molecule has 1 atom stereocenters. The van der Waals surface area contributed by atoms with Crippen molar-refractivity contribution in [2.75, 3.05) is 5.32 Å². The number of nitrogens with one attached hydrogen (secondary N) is 1. The highest BCUT2D eigenvalue weighted by molar-refractivity contribution is 5.95. The lowest BCUT2D eigenvalue weighted by Crippen LogP contribution is -2.15. The van der Waals surface area contributed by atoms with E-state index in [9.17, 15) is 13.6 Å². The van der Waals surface area contributed by atoms with Crippen molar-refractivity contribution in [2.45, 2.75) is 19.9 Å². The van der Waals surface area contributed by atoms with E-state index in [0.717, 1.165) is 5.56 Å². The second kappa shape index (κ2) is 5.91. The van der Waals surface area contributed by atoms with E-state index in [1.54, 1.807) is 32.0 Å². The van der Waals surface area contributed by atoms with E-state index in [1.807, 2.05) is 0 Å². The topological polar surface area (TPSA) is 55.1 Å². The van der Waals surface area contributed by atoms with Crippen molar-refractivity contribution in [1.29, 1.82) is 0 Å². The van der Waals surface area contributed by atoms with Crippen molar-refractivity contribution in [3.63, 3.8) is 0 Å². The van der Waals surface area contributed by atoms with Crippen LogP contribution < -0.4 is 11.1 Å². The van der Waals surface area contributed by atoms with Crippen LogP contribution in [0.2, 0.25) is 0 Å². The van der Waals surface area contributed by atoms with Gasteiger partial charge in [-0.1, -0.05) is 12.1 Å². The third-order valence-electron chi connectivity index (χ3n) is 3.32. The number of amides is 1. The lowest BCUT2D eigenvalue weighted by molar-refractivity contribution is 0.0999. The molecule has 2 aromatic carbocycles. The minimum absolute atomic E-state index is 0.0429. The number of carbonyl (C=O) groups excluding carboxylic acids is 1. The molecule has 0 aromatic heterocycles. The number of aryl methyl sites for hydroxylation is 1. The summed E-state index contributed by atoms with van der Waals surface area (Å²) in [7, 11) is 0. The van der Waals surface area contributed by atoms with Gasteiger partial charge in [0.1, 0.15) is 11.6 Å². The van der Waals surface area contributed by atoms with Gasteiger partial charge in [-0.05, 0) is 43.7 Å². The molecule has 21 heavy (non-hydrogen) atoms. The Morgan fingerprint density at radius 1 is 1.19 bits per heavy atom. The Morgan fingerprint density at radius 3 is 2.38 bits per heavy atom. The van der Waals surface area contributed by atoms with E-state index in [1.165, 1.54) is 18.2 Å². The summed E-state index contributed by atoms with van der Waals surface area (Å²) in [6, 6.07) is 8.19. The molecule has 3 nitrogen and oxygen atoms in total. The Labute approximate surface area is 121 Å². The summed E-state index contributed by atoms with van der Waals surface area (Å²) in [5.41, 5.74) is 6.94. The van der Waals surface area contributed by atoms with Gasteiger partial charge in [0, 0.05) is 16.8 Å². The quantitative estimate of drug-likeness (QED) is 0.904. The molecule has 0 fully saturated rings. The molecule has 0 bridgehead atoms. The minimum atomic E-state index is -0.614. The molecular formula is C16H16F2N2O. The number of hydrogen-bond acceptors (Lipinski definition) is 2. The van der Waals surface area contributed by atoms with E-state index in [4.69, 9.17) is 5.73 Å². The van der Waals surface area contributed by atoms with Crippen LogP contribution in [-0.2, 0) is 0 Å². The van der Waals surface area contributed by atoms with E-state index >= 15 is 0 Å². The minimum Gasteiger partial charge on any atom is -0.378 e. The first-order chi connectivity index (χ1) is 9.90. The maximum Gasteiger partial charge on any atom is 0.249 e. The van der Waals surface area contributed by atoms with E-state index < -0.39 is 23.6 Å². The number of nitrogens with two attached hydrogens (primary N) is 1. The molecule has 0 saturated carbocycles. The van der Waals surface area contributed by atoms with Crippen molar-refractivity contribution in [3.05, 3.63) is 64.7 Å². The van der Waals surface area contributed by atoms with Crippen molar-refractivity contribution < 1.29 is 13.6 Å². The van der Waals surface area contributed by atoms with Gasteiger partial charge >= 0.3 is 0 Å². The van der Waals surface area contributed by atoms with E-state index in [0.29, 0.717) is 11.3 Å². The maximum absolute atomic E-state index is 13.7. The highest BCUT2D eigenvalue weighted by Gasteiger charge is 2.16. The van der Waals surface area contributed by atoms with Gasteiger partial charge in [0.05, 0.1) is 6.04 Å². The van der Waals surface area contributed by atoms with Crippen LogP contribution in [0, 0.1) is 18.6 Å². The number of hydrogen-bond donors (Lipinski definition) is 2. The van der Waals surface area contributed by atoms with Crippen LogP contribution in [0.3, 0.4) is 0 Å². The largest absolute Gasteiger partial charge is 0.378 e. The van der Waals surface area contributed by atoms with Gasteiger partial charge in [-0.2, -0.15) is 0 Å². The van der Waals surface area contributed by atoms with Gasteiger partial charge < -0.3 is 11.1 Å². The Bertz CT molecular complexity index is 666. The number of primary amides is 1. The van der Waals surface area contributed by atoms with Gasteiger partial charge in [0.25, 0.3) is 0 Å². The van der Waals surface area contributed by atoms with Crippen LogP contribution in [0.1, 0.15) is 34.5 Å². The summed E-state index contributed by atoms with van der Waals surface area (Å²) in [5, 5.41) is 2.97. The first kappa shape index (κ1) is 15.0. The molecular weight excluding hydrogens is 274 g/mol. The number of halogens is 2. The molecule has 0 aliphatic carbocycles. The molecule has 0 saturated heterocycles. The second-order valence-corrected chi connectivity index (χ2v) is 4.90. The van der Waals surface area contributed by atoms with Crippen LogP contribution in [0.4, 0.5) is 14.5 Å². The molecule has 110 valence electrons. The molecule has 5 heteroatoms. The summed E-state index contributed by atoms with van der Waals surface area (Å²) in [6.45, 7) is 3.41. The molecule has 0 aliphatic heterocycles. The molecule has 0 aliphatic rings. The summed E-state index contributed by atoms with van der Waals surface area (Å²) < 4.78 is 27.4. The average Bonchev–Trinajstić information content (AvgIpc) is 2.40. The third-order valence-corrected chi connectivity index (χ3v) is 3.32. The van der Waals surface area contributed by atoms with Gasteiger partial charge in [-0.15, -0.1) is 0 Å². The molecule has 2 aromatic rings. The predicted octanol–water partition coefficient (Wildman–Crippen LogP) is 3.55. The second-order valence-electron chi connectivity index (χ2n) is 4.90. The fourth-order valence-electron chi connectivity index (χ4n) is 2.22. The monoisotopic (exact) mass is 290 g/mol. The molecule has 0 radical (unpaired) electrons. The van der Waals surface area contributed by atoms with Crippen LogP contribution in [0.5, 0.6) is 0 Å². The first-order valence-electron chi connectivity index (χ1n) is 6.51. The number of carbonyl (C=O) groups is 1. The zero-order chi connectivity index (χ0) is 15.6. The summed E-state index contributed by atoms with van der Waals surface area (Å²) in [6.07, 6.45) is 0. The predicted molar refractivity (Wildman–Crippen MR) is 78.1 cm³/mol. The molecule has 1 amide bonds. The zero-order valence-electron chi connectivity index (χ0n) is 11.8. The molecule has 0 unspecified atom stereocenters. The zero-order valence-corrected chi connectivity index (χ0v) is 11.8. The first-order valence-corrected chi connectivity index (χ1v) is 6.51. The number of rotatable bonds is 4.